The standard InChI is InChI=1S/C21H19N3O/c1-21(17-11-6-3-7-12-17)23-19(16-9-4-2-5-10-16)20(24-21)22-15-18-13-8-14-25-18/h2-14H,15H2,1H3,(H,22,24). The Labute approximate surface area is 146 Å². The zero-order chi connectivity index (χ0) is 17.1. The van der Waals surface area contributed by atoms with Crippen molar-refractivity contribution < 1.29 is 4.42 Å². The predicted octanol–water partition coefficient (Wildman–Crippen LogP) is 4.14. The van der Waals surface area contributed by atoms with Crippen molar-refractivity contribution in [3.63, 3.8) is 0 Å². The van der Waals surface area contributed by atoms with Crippen LogP contribution in [-0.4, -0.2) is 11.5 Å². The molecule has 0 spiro atoms. The van der Waals surface area contributed by atoms with Gasteiger partial charge in [0.25, 0.3) is 0 Å². The van der Waals surface area contributed by atoms with Crippen LogP contribution >= 0.6 is 0 Å². The van der Waals surface area contributed by atoms with Gasteiger partial charge in [-0.05, 0) is 24.6 Å². The molecule has 0 aliphatic carbocycles. The maximum absolute atomic E-state index is 5.40. The van der Waals surface area contributed by atoms with E-state index in [9.17, 15) is 0 Å². The van der Waals surface area contributed by atoms with E-state index in [0.29, 0.717) is 6.54 Å². The summed E-state index contributed by atoms with van der Waals surface area (Å²) in [5.41, 5.74) is 2.49. The highest BCUT2D eigenvalue weighted by atomic mass is 16.3. The average molecular weight is 329 g/mol. The number of nitrogens with one attached hydrogen (secondary N) is 1. The molecule has 4 rings (SSSR count). The van der Waals surface area contributed by atoms with Gasteiger partial charge in [-0.15, -0.1) is 0 Å². The molecular formula is C21H19N3O. The largest absolute Gasteiger partial charge is 0.467 e. The van der Waals surface area contributed by atoms with Crippen molar-refractivity contribution in [2.45, 2.75) is 19.1 Å². The number of aliphatic imine (C=N–C) groups is 2. The van der Waals surface area contributed by atoms with E-state index in [2.05, 4.69) is 36.5 Å². The van der Waals surface area contributed by atoms with Gasteiger partial charge in [0.15, 0.2) is 5.66 Å². The van der Waals surface area contributed by atoms with Gasteiger partial charge in [0.2, 0.25) is 0 Å². The third-order valence-corrected chi connectivity index (χ3v) is 4.28. The molecule has 0 bridgehead atoms. The highest BCUT2D eigenvalue weighted by Crippen LogP contribution is 2.28. The minimum atomic E-state index is -0.533. The summed E-state index contributed by atoms with van der Waals surface area (Å²) in [5, 5.41) is 3.50. The van der Waals surface area contributed by atoms with E-state index in [1.165, 1.54) is 0 Å². The highest BCUT2D eigenvalue weighted by Gasteiger charge is 2.35. The number of hydrogen-bond acceptors (Lipinski definition) is 3. The normalized spacial score (nSPS) is 21.2. The van der Waals surface area contributed by atoms with Gasteiger partial charge in [0, 0.05) is 5.56 Å². The van der Waals surface area contributed by atoms with Crippen LogP contribution in [0, 0.1) is 0 Å². The zero-order valence-corrected chi connectivity index (χ0v) is 14.0. The molecule has 25 heavy (non-hydrogen) atoms. The third-order valence-electron chi connectivity index (χ3n) is 4.28. The summed E-state index contributed by atoms with van der Waals surface area (Å²) in [4.78, 5) is 9.71. The molecule has 1 atom stereocenters. The van der Waals surface area contributed by atoms with Crippen molar-refractivity contribution in [3.8, 4) is 0 Å². The summed E-state index contributed by atoms with van der Waals surface area (Å²) >= 11 is 0. The minimum Gasteiger partial charge on any atom is -0.467 e. The van der Waals surface area contributed by atoms with E-state index in [4.69, 9.17) is 14.4 Å². The Hall–Kier alpha value is -3.14. The Morgan fingerprint density at radius 2 is 1.68 bits per heavy atom. The van der Waals surface area contributed by atoms with Gasteiger partial charge in [0.05, 0.1) is 12.8 Å². The summed E-state index contributed by atoms with van der Waals surface area (Å²) in [7, 11) is 0. The first-order valence-electron chi connectivity index (χ1n) is 8.31. The average Bonchev–Trinajstić information content (AvgIpc) is 3.30. The van der Waals surface area contributed by atoms with E-state index in [1.807, 2.05) is 48.5 Å². The van der Waals surface area contributed by atoms with Crippen LogP contribution in [0.3, 0.4) is 0 Å². The topological polar surface area (TPSA) is 49.9 Å². The van der Waals surface area contributed by atoms with Gasteiger partial charge >= 0.3 is 0 Å². The second-order valence-corrected chi connectivity index (χ2v) is 6.13. The van der Waals surface area contributed by atoms with Crippen LogP contribution in [0.1, 0.15) is 23.8 Å². The molecule has 2 aromatic carbocycles. The smallest absolute Gasteiger partial charge is 0.154 e. The summed E-state index contributed by atoms with van der Waals surface area (Å²) in [5.74, 6) is 1.61. The van der Waals surface area contributed by atoms with Crippen LogP contribution in [0.4, 0.5) is 0 Å². The Kier molecular flexibility index (Phi) is 3.94. The molecule has 0 radical (unpaired) electrons. The molecule has 1 aliphatic heterocycles. The van der Waals surface area contributed by atoms with Crippen molar-refractivity contribution in [1.82, 2.24) is 5.32 Å². The fourth-order valence-electron chi connectivity index (χ4n) is 2.96. The van der Waals surface area contributed by atoms with Crippen molar-refractivity contribution in [3.05, 3.63) is 95.9 Å². The highest BCUT2D eigenvalue weighted by molar-refractivity contribution is 6.49. The Morgan fingerprint density at radius 3 is 2.36 bits per heavy atom. The monoisotopic (exact) mass is 329 g/mol. The Balaban J connectivity index is 1.73. The van der Waals surface area contributed by atoms with Gasteiger partial charge < -0.3 is 9.73 Å². The number of amidine groups is 1. The molecule has 1 unspecified atom stereocenters. The quantitative estimate of drug-likeness (QED) is 0.782. The lowest BCUT2D eigenvalue weighted by Gasteiger charge is -2.22. The number of nitrogens with zero attached hydrogens (tertiary/aromatic N) is 2. The lowest BCUT2D eigenvalue weighted by Crippen LogP contribution is -2.37. The third kappa shape index (κ3) is 3.11. The Bertz CT molecular complexity index is 899. The predicted molar refractivity (Wildman–Crippen MR) is 99.8 cm³/mol. The van der Waals surface area contributed by atoms with Gasteiger partial charge in [-0.2, -0.15) is 0 Å². The molecule has 0 saturated carbocycles. The molecule has 0 saturated heterocycles. The molecule has 124 valence electrons. The molecule has 0 amide bonds. The van der Waals surface area contributed by atoms with E-state index in [-0.39, 0.29) is 0 Å². The first kappa shape index (κ1) is 15.4. The van der Waals surface area contributed by atoms with Crippen LogP contribution in [0.5, 0.6) is 0 Å². The van der Waals surface area contributed by atoms with Gasteiger partial charge in [-0.3, -0.25) is 4.99 Å². The molecule has 4 heteroatoms. The summed E-state index contributed by atoms with van der Waals surface area (Å²) in [6.07, 6.45) is 1.66. The van der Waals surface area contributed by atoms with Crippen molar-refractivity contribution in [2.75, 3.05) is 0 Å². The first-order chi connectivity index (χ1) is 12.2. The van der Waals surface area contributed by atoms with E-state index >= 15 is 0 Å². The van der Waals surface area contributed by atoms with Gasteiger partial charge in [-0.25, -0.2) is 4.99 Å². The molecule has 4 nitrogen and oxygen atoms in total. The van der Waals surface area contributed by atoms with Crippen molar-refractivity contribution in [1.29, 1.82) is 0 Å². The maximum atomic E-state index is 5.40. The van der Waals surface area contributed by atoms with Crippen LogP contribution in [0.25, 0.3) is 0 Å². The van der Waals surface area contributed by atoms with E-state index in [0.717, 1.165) is 28.4 Å². The van der Waals surface area contributed by atoms with Crippen LogP contribution in [0.15, 0.2) is 93.5 Å². The van der Waals surface area contributed by atoms with Crippen LogP contribution in [-0.2, 0) is 12.2 Å². The molecule has 0 fully saturated rings. The molecule has 3 aromatic rings. The summed E-state index contributed by atoms with van der Waals surface area (Å²) in [6.45, 7) is 2.55. The minimum absolute atomic E-state index is 0.478. The lowest BCUT2D eigenvalue weighted by atomic mass is 10.0. The van der Waals surface area contributed by atoms with Gasteiger partial charge in [-0.1, -0.05) is 60.7 Å². The van der Waals surface area contributed by atoms with Crippen molar-refractivity contribution >= 4 is 11.5 Å². The fourth-order valence-corrected chi connectivity index (χ4v) is 2.96. The fraction of sp³-hybridized carbons (Fsp3) is 0.143. The Morgan fingerprint density at radius 1 is 0.960 bits per heavy atom. The van der Waals surface area contributed by atoms with Crippen LogP contribution < -0.4 is 5.32 Å². The molecule has 1 aromatic heterocycles. The maximum Gasteiger partial charge on any atom is 0.154 e. The second-order valence-electron chi connectivity index (χ2n) is 6.13. The molecule has 1 N–H and O–H groups in total. The lowest BCUT2D eigenvalue weighted by molar-refractivity contribution is 0.476. The van der Waals surface area contributed by atoms with E-state index in [1.54, 1.807) is 6.26 Å². The second kappa shape index (κ2) is 6.40. The number of benzene rings is 2. The van der Waals surface area contributed by atoms with Gasteiger partial charge in [0.1, 0.15) is 17.3 Å². The number of furan rings is 1. The summed E-state index contributed by atoms with van der Waals surface area (Å²) in [6, 6.07) is 24.2. The van der Waals surface area contributed by atoms with Crippen molar-refractivity contribution in [2.24, 2.45) is 9.98 Å². The van der Waals surface area contributed by atoms with Crippen LogP contribution in [0.2, 0.25) is 0 Å². The molecule has 1 aliphatic rings. The summed E-state index contributed by atoms with van der Waals surface area (Å²) < 4.78 is 5.40. The number of rotatable bonds is 4. The zero-order valence-electron chi connectivity index (χ0n) is 14.0. The molecule has 2 heterocycles. The molecular weight excluding hydrogens is 310 g/mol. The number of hydrogen-bond donors (Lipinski definition) is 1. The first-order valence-corrected chi connectivity index (χ1v) is 8.31. The SMILES string of the molecule is CC1(c2ccccc2)N=C(c2ccccc2)C(=NCc2ccco2)N1. The van der Waals surface area contributed by atoms with E-state index < -0.39 is 5.66 Å².